The molecule has 1 aromatic heterocycles. The summed E-state index contributed by atoms with van der Waals surface area (Å²) in [4.78, 5) is 34.2. The second-order valence-electron chi connectivity index (χ2n) is 6.02. The highest BCUT2D eigenvalue weighted by Crippen LogP contribution is 2.14. The lowest BCUT2D eigenvalue weighted by Gasteiger charge is -2.32. The Morgan fingerprint density at radius 2 is 1.88 bits per heavy atom. The molecule has 1 saturated heterocycles. The zero-order valence-corrected chi connectivity index (χ0v) is 14.4. The van der Waals surface area contributed by atoms with Gasteiger partial charge in [0.2, 0.25) is 5.91 Å². The van der Waals surface area contributed by atoms with Crippen molar-refractivity contribution in [1.82, 2.24) is 20.2 Å². The number of carbonyl (C=O) groups is 2. The van der Waals surface area contributed by atoms with E-state index < -0.39 is 0 Å². The van der Waals surface area contributed by atoms with E-state index in [0.29, 0.717) is 30.2 Å². The van der Waals surface area contributed by atoms with Crippen LogP contribution in [-0.4, -0.2) is 45.8 Å². The van der Waals surface area contributed by atoms with Crippen molar-refractivity contribution in [1.29, 1.82) is 0 Å². The Balaban J connectivity index is 1.47. The summed E-state index contributed by atoms with van der Waals surface area (Å²) >= 11 is 5.86. The minimum absolute atomic E-state index is 0.0501. The van der Waals surface area contributed by atoms with Crippen molar-refractivity contribution in [2.75, 3.05) is 13.1 Å². The molecular formula is C18H19ClN4O2. The Kier molecular flexibility index (Phi) is 5.60. The minimum atomic E-state index is -0.223. The Hall–Kier alpha value is -2.47. The Morgan fingerprint density at radius 3 is 2.52 bits per heavy atom. The lowest BCUT2D eigenvalue weighted by molar-refractivity contribution is -0.131. The van der Waals surface area contributed by atoms with E-state index in [1.165, 1.54) is 18.6 Å². The molecule has 0 unspecified atom stereocenters. The normalized spacial score (nSPS) is 15.0. The Labute approximate surface area is 151 Å². The zero-order valence-electron chi connectivity index (χ0n) is 13.7. The van der Waals surface area contributed by atoms with Gasteiger partial charge in [-0.05, 0) is 30.5 Å². The van der Waals surface area contributed by atoms with Crippen LogP contribution >= 0.6 is 11.6 Å². The van der Waals surface area contributed by atoms with E-state index in [2.05, 4.69) is 15.3 Å². The van der Waals surface area contributed by atoms with Crippen LogP contribution < -0.4 is 5.32 Å². The van der Waals surface area contributed by atoms with Crippen molar-refractivity contribution < 1.29 is 9.59 Å². The van der Waals surface area contributed by atoms with Crippen molar-refractivity contribution in [3.63, 3.8) is 0 Å². The second-order valence-corrected chi connectivity index (χ2v) is 6.46. The van der Waals surface area contributed by atoms with Crippen LogP contribution in [0, 0.1) is 0 Å². The van der Waals surface area contributed by atoms with E-state index in [0.717, 1.165) is 18.4 Å². The van der Waals surface area contributed by atoms with Gasteiger partial charge >= 0.3 is 0 Å². The third-order valence-electron chi connectivity index (χ3n) is 4.25. The van der Waals surface area contributed by atoms with Gasteiger partial charge in [-0.15, -0.1) is 0 Å². The van der Waals surface area contributed by atoms with E-state index in [9.17, 15) is 9.59 Å². The smallest absolute Gasteiger partial charge is 0.271 e. The number of halogens is 1. The topological polar surface area (TPSA) is 75.2 Å². The van der Waals surface area contributed by atoms with Crippen molar-refractivity contribution >= 4 is 23.4 Å². The molecule has 2 amide bonds. The molecule has 1 aliphatic heterocycles. The molecule has 6 nitrogen and oxygen atoms in total. The van der Waals surface area contributed by atoms with E-state index >= 15 is 0 Å². The Morgan fingerprint density at radius 1 is 1.16 bits per heavy atom. The first-order valence-corrected chi connectivity index (χ1v) is 8.59. The molecule has 7 heteroatoms. The summed E-state index contributed by atoms with van der Waals surface area (Å²) in [6, 6.07) is 7.37. The van der Waals surface area contributed by atoms with Crippen LogP contribution in [0.5, 0.6) is 0 Å². The maximum Gasteiger partial charge on any atom is 0.271 e. The fraction of sp³-hybridized carbons (Fsp3) is 0.333. The highest BCUT2D eigenvalue weighted by Gasteiger charge is 2.24. The van der Waals surface area contributed by atoms with Crippen LogP contribution in [-0.2, 0) is 11.2 Å². The van der Waals surface area contributed by atoms with E-state index in [4.69, 9.17) is 11.6 Å². The number of hydrogen-bond acceptors (Lipinski definition) is 4. The van der Waals surface area contributed by atoms with Gasteiger partial charge in [-0.2, -0.15) is 0 Å². The number of rotatable bonds is 4. The van der Waals surface area contributed by atoms with Crippen molar-refractivity contribution in [3.05, 3.63) is 59.1 Å². The third-order valence-corrected chi connectivity index (χ3v) is 4.50. The van der Waals surface area contributed by atoms with Gasteiger partial charge in [0, 0.05) is 36.5 Å². The molecule has 0 bridgehead atoms. The zero-order chi connectivity index (χ0) is 17.6. The van der Waals surface area contributed by atoms with Gasteiger partial charge in [0.05, 0.1) is 12.6 Å². The molecule has 130 valence electrons. The minimum Gasteiger partial charge on any atom is -0.348 e. The molecule has 1 aliphatic rings. The number of nitrogens with zero attached hydrogens (tertiary/aromatic N) is 3. The van der Waals surface area contributed by atoms with Crippen molar-refractivity contribution in [3.8, 4) is 0 Å². The number of nitrogens with one attached hydrogen (secondary N) is 1. The molecule has 0 atom stereocenters. The fourth-order valence-corrected chi connectivity index (χ4v) is 2.96. The van der Waals surface area contributed by atoms with E-state index in [1.54, 1.807) is 12.1 Å². The predicted molar refractivity (Wildman–Crippen MR) is 94.3 cm³/mol. The molecule has 2 heterocycles. The maximum atomic E-state index is 12.4. The second kappa shape index (κ2) is 8.07. The summed E-state index contributed by atoms with van der Waals surface area (Å²) in [6.07, 6.45) is 6.30. The summed E-state index contributed by atoms with van der Waals surface area (Å²) in [6.45, 7) is 1.27. The van der Waals surface area contributed by atoms with Gasteiger partial charge in [-0.3, -0.25) is 14.6 Å². The highest BCUT2D eigenvalue weighted by atomic mass is 35.5. The van der Waals surface area contributed by atoms with Gasteiger partial charge in [0.1, 0.15) is 5.69 Å². The van der Waals surface area contributed by atoms with Crippen molar-refractivity contribution in [2.24, 2.45) is 0 Å². The van der Waals surface area contributed by atoms with E-state index in [1.807, 2.05) is 17.0 Å². The molecule has 0 radical (unpaired) electrons. The van der Waals surface area contributed by atoms with Gasteiger partial charge in [0.25, 0.3) is 5.91 Å². The predicted octanol–water partition coefficient (Wildman–Crippen LogP) is 2.09. The first-order valence-electron chi connectivity index (χ1n) is 8.21. The molecule has 1 fully saturated rings. The van der Waals surface area contributed by atoms with E-state index in [-0.39, 0.29) is 17.9 Å². The lowest BCUT2D eigenvalue weighted by atomic mass is 10.0. The summed E-state index contributed by atoms with van der Waals surface area (Å²) in [5.74, 6) is -0.125. The molecule has 0 aliphatic carbocycles. The summed E-state index contributed by atoms with van der Waals surface area (Å²) in [7, 11) is 0. The van der Waals surface area contributed by atoms with Gasteiger partial charge in [-0.25, -0.2) is 4.98 Å². The highest BCUT2D eigenvalue weighted by molar-refractivity contribution is 6.30. The molecule has 0 spiro atoms. The Bertz CT molecular complexity index is 729. The van der Waals surface area contributed by atoms with Crippen molar-refractivity contribution in [2.45, 2.75) is 25.3 Å². The number of benzene rings is 1. The summed E-state index contributed by atoms with van der Waals surface area (Å²) in [5, 5.41) is 3.62. The number of piperidine rings is 1. The third kappa shape index (κ3) is 4.76. The summed E-state index contributed by atoms with van der Waals surface area (Å²) in [5.41, 5.74) is 1.26. The monoisotopic (exact) mass is 358 g/mol. The SMILES string of the molecule is O=C(NC1CCN(C(=O)Cc2ccc(Cl)cc2)CC1)c1cnccn1. The van der Waals surface area contributed by atoms with Crippen LogP contribution in [0.4, 0.5) is 0 Å². The first-order chi connectivity index (χ1) is 12.1. The van der Waals surface area contributed by atoms with Crippen LogP contribution in [0.2, 0.25) is 5.02 Å². The molecule has 25 heavy (non-hydrogen) atoms. The van der Waals surface area contributed by atoms with Crippen LogP contribution in [0.15, 0.2) is 42.9 Å². The lowest BCUT2D eigenvalue weighted by Crippen LogP contribution is -2.47. The largest absolute Gasteiger partial charge is 0.348 e. The standard InChI is InChI=1S/C18H19ClN4O2/c19-14-3-1-13(2-4-14)11-17(24)23-9-5-15(6-10-23)22-18(25)16-12-20-7-8-21-16/h1-4,7-8,12,15H,5-6,9-11H2,(H,22,25). The number of aromatic nitrogens is 2. The van der Waals surface area contributed by atoms with Gasteiger partial charge < -0.3 is 10.2 Å². The molecule has 1 aromatic carbocycles. The number of hydrogen-bond donors (Lipinski definition) is 1. The molecule has 0 saturated carbocycles. The molecule has 1 N–H and O–H groups in total. The molecule has 2 aromatic rings. The number of carbonyl (C=O) groups excluding carboxylic acids is 2. The maximum absolute atomic E-state index is 12.4. The van der Waals surface area contributed by atoms with Gasteiger partial charge in [-0.1, -0.05) is 23.7 Å². The fourth-order valence-electron chi connectivity index (χ4n) is 2.84. The van der Waals surface area contributed by atoms with Crippen LogP contribution in [0.25, 0.3) is 0 Å². The molecule has 3 rings (SSSR count). The van der Waals surface area contributed by atoms with Gasteiger partial charge in [0.15, 0.2) is 0 Å². The number of likely N-dealkylation sites (tertiary alicyclic amines) is 1. The number of amides is 2. The molecular weight excluding hydrogens is 340 g/mol. The first kappa shape index (κ1) is 17.4. The van der Waals surface area contributed by atoms with Crippen LogP contribution in [0.3, 0.4) is 0 Å². The summed E-state index contributed by atoms with van der Waals surface area (Å²) < 4.78 is 0. The van der Waals surface area contributed by atoms with Crippen LogP contribution in [0.1, 0.15) is 28.9 Å². The quantitative estimate of drug-likeness (QED) is 0.908. The average Bonchev–Trinajstić information content (AvgIpc) is 2.65. The average molecular weight is 359 g/mol.